The molecule has 6 rings (SSSR count). The number of hydrogen-bond donors (Lipinski definition) is 0. The number of benzene rings is 5. The Morgan fingerprint density at radius 1 is 0.390 bits per heavy atom. The van der Waals surface area contributed by atoms with Gasteiger partial charge in [0, 0.05) is 28.1 Å². The van der Waals surface area contributed by atoms with E-state index < -0.39 is 0 Å². The van der Waals surface area contributed by atoms with Crippen LogP contribution in [0, 0.1) is 27.7 Å². The van der Waals surface area contributed by atoms with E-state index in [9.17, 15) is 0 Å². The Morgan fingerprint density at radius 2 is 0.732 bits per heavy atom. The molecule has 4 heteroatoms. The van der Waals surface area contributed by atoms with Crippen molar-refractivity contribution >= 4 is 17.1 Å². The second kappa shape index (κ2) is 11.2. The summed E-state index contributed by atoms with van der Waals surface area (Å²) in [6.07, 6.45) is 0. The minimum atomic E-state index is 0.669. The van der Waals surface area contributed by atoms with Gasteiger partial charge in [-0.3, -0.25) is 0 Å². The molecule has 41 heavy (non-hydrogen) atoms. The fourth-order valence-corrected chi connectivity index (χ4v) is 5.45. The molecular weight excluding hydrogens is 500 g/mol. The summed E-state index contributed by atoms with van der Waals surface area (Å²) in [7, 11) is 0. The fourth-order valence-electron chi connectivity index (χ4n) is 5.45. The molecule has 0 spiro atoms. The van der Waals surface area contributed by atoms with Crippen molar-refractivity contribution in [2.75, 3.05) is 4.90 Å². The van der Waals surface area contributed by atoms with Crippen molar-refractivity contribution in [3.8, 4) is 34.2 Å². The van der Waals surface area contributed by atoms with Crippen molar-refractivity contribution in [1.29, 1.82) is 0 Å². The third-order valence-corrected chi connectivity index (χ3v) is 7.76. The summed E-state index contributed by atoms with van der Waals surface area (Å²) in [6, 6.07) is 41.4. The van der Waals surface area contributed by atoms with Gasteiger partial charge in [-0.2, -0.15) is 0 Å². The Kier molecular flexibility index (Phi) is 7.13. The molecule has 200 valence electrons. The lowest BCUT2D eigenvalue weighted by atomic mass is 9.90. The number of para-hydroxylation sites is 2. The lowest BCUT2D eigenvalue weighted by Crippen LogP contribution is -2.15. The van der Waals surface area contributed by atoms with Crippen LogP contribution in [0.5, 0.6) is 0 Å². The van der Waals surface area contributed by atoms with Gasteiger partial charge >= 0.3 is 0 Å². The summed E-state index contributed by atoms with van der Waals surface area (Å²) in [5.41, 5.74) is 11.1. The third-order valence-electron chi connectivity index (χ3n) is 7.76. The molecule has 6 aromatic rings. The van der Waals surface area contributed by atoms with Crippen LogP contribution >= 0.6 is 0 Å². The van der Waals surface area contributed by atoms with Crippen LogP contribution in [0.1, 0.15) is 22.3 Å². The smallest absolute Gasteiger partial charge is 0.164 e. The Balaban J connectivity index is 1.59. The maximum atomic E-state index is 5.06. The Hall–Kier alpha value is -5.09. The maximum absolute atomic E-state index is 5.06. The van der Waals surface area contributed by atoms with E-state index in [4.69, 9.17) is 15.0 Å². The molecule has 0 N–H and O–H groups in total. The van der Waals surface area contributed by atoms with Gasteiger partial charge in [0.15, 0.2) is 17.5 Å². The minimum Gasteiger partial charge on any atom is -0.310 e. The number of rotatable bonds is 6. The summed E-state index contributed by atoms with van der Waals surface area (Å²) in [5, 5.41) is 0. The zero-order valence-corrected chi connectivity index (χ0v) is 23.8. The normalized spacial score (nSPS) is 10.9. The number of aromatic nitrogens is 3. The molecule has 0 unspecified atom stereocenters. The van der Waals surface area contributed by atoms with Gasteiger partial charge < -0.3 is 4.90 Å². The first-order chi connectivity index (χ1) is 20.0. The Morgan fingerprint density at radius 3 is 1.12 bits per heavy atom. The Bertz CT molecular complexity index is 1670. The first kappa shape index (κ1) is 26.1. The second-order valence-corrected chi connectivity index (χ2v) is 10.3. The third kappa shape index (κ3) is 5.01. The van der Waals surface area contributed by atoms with Crippen LogP contribution < -0.4 is 4.90 Å². The number of nitrogens with zero attached hydrogens (tertiary/aromatic N) is 4. The zero-order chi connectivity index (χ0) is 28.3. The topological polar surface area (TPSA) is 41.9 Å². The first-order valence-electron chi connectivity index (χ1n) is 13.9. The lowest BCUT2D eigenvalue weighted by molar-refractivity contribution is 1.06. The van der Waals surface area contributed by atoms with Crippen LogP contribution in [-0.2, 0) is 0 Å². The average molecular weight is 533 g/mol. The molecule has 1 heterocycles. The van der Waals surface area contributed by atoms with E-state index >= 15 is 0 Å². The van der Waals surface area contributed by atoms with Gasteiger partial charge in [-0.05, 0) is 74.2 Å². The van der Waals surface area contributed by atoms with Crippen molar-refractivity contribution in [2.24, 2.45) is 0 Å². The molecule has 0 radical (unpaired) electrons. The highest BCUT2D eigenvalue weighted by Gasteiger charge is 2.24. The van der Waals surface area contributed by atoms with Crippen molar-refractivity contribution in [1.82, 2.24) is 15.0 Å². The quantitative estimate of drug-likeness (QED) is 0.214. The molecule has 0 aliphatic rings. The highest BCUT2D eigenvalue weighted by atomic mass is 15.1. The molecule has 0 aliphatic carbocycles. The van der Waals surface area contributed by atoms with E-state index in [-0.39, 0.29) is 0 Å². The SMILES string of the molecule is Cc1c(C)c(N(c2ccccc2)c2ccccc2)c(C)c(C)c1-c1nc(-c2ccccc2)nc(-c2ccccc2)n1. The molecule has 5 aromatic carbocycles. The molecule has 0 saturated heterocycles. The molecule has 0 amide bonds. The van der Waals surface area contributed by atoms with Gasteiger partial charge in [0.1, 0.15) is 0 Å². The van der Waals surface area contributed by atoms with E-state index in [1.54, 1.807) is 0 Å². The van der Waals surface area contributed by atoms with Crippen molar-refractivity contribution < 1.29 is 0 Å². The van der Waals surface area contributed by atoms with Crippen molar-refractivity contribution in [2.45, 2.75) is 27.7 Å². The van der Waals surface area contributed by atoms with Crippen LogP contribution in [0.4, 0.5) is 17.1 Å². The zero-order valence-electron chi connectivity index (χ0n) is 23.8. The largest absolute Gasteiger partial charge is 0.310 e. The molecular formula is C37H32N4. The summed E-state index contributed by atoms with van der Waals surface area (Å²) < 4.78 is 0. The molecule has 0 aliphatic heterocycles. The van der Waals surface area contributed by atoms with Crippen molar-refractivity contribution in [3.05, 3.63) is 144 Å². The van der Waals surface area contributed by atoms with E-state index in [2.05, 4.69) is 93.3 Å². The highest BCUT2D eigenvalue weighted by Crippen LogP contribution is 2.44. The van der Waals surface area contributed by atoms with Crippen LogP contribution in [-0.4, -0.2) is 15.0 Å². The molecule has 0 atom stereocenters. The van der Waals surface area contributed by atoms with Gasteiger partial charge in [0.05, 0.1) is 5.69 Å². The standard InChI is InChI=1S/C37H32N4/c1-25-27(3)34(41(31-21-13-7-14-22-31)32-23-15-8-16-24-32)28(4)26(2)33(25)37-39-35(29-17-9-5-10-18-29)38-36(40-37)30-19-11-6-12-20-30/h5-24H,1-4H3. The minimum absolute atomic E-state index is 0.669. The second-order valence-electron chi connectivity index (χ2n) is 10.3. The summed E-state index contributed by atoms with van der Waals surface area (Å²) in [6.45, 7) is 8.78. The molecule has 4 nitrogen and oxygen atoms in total. The first-order valence-corrected chi connectivity index (χ1v) is 13.9. The molecule has 0 fully saturated rings. The van der Waals surface area contributed by atoms with E-state index in [1.807, 2.05) is 60.7 Å². The lowest BCUT2D eigenvalue weighted by Gasteiger charge is -2.31. The van der Waals surface area contributed by atoms with Crippen LogP contribution in [0.3, 0.4) is 0 Å². The van der Waals surface area contributed by atoms with Gasteiger partial charge in [0.2, 0.25) is 0 Å². The molecule has 0 saturated carbocycles. The summed E-state index contributed by atoms with van der Waals surface area (Å²) in [4.78, 5) is 17.4. The van der Waals surface area contributed by atoms with Crippen LogP contribution in [0.15, 0.2) is 121 Å². The van der Waals surface area contributed by atoms with Crippen LogP contribution in [0.25, 0.3) is 34.2 Å². The summed E-state index contributed by atoms with van der Waals surface area (Å²) >= 11 is 0. The van der Waals surface area contributed by atoms with Gasteiger partial charge in [-0.1, -0.05) is 97.1 Å². The summed E-state index contributed by atoms with van der Waals surface area (Å²) in [5.74, 6) is 2.03. The number of hydrogen-bond acceptors (Lipinski definition) is 4. The predicted molar refractivity (Wildman–Crippen MR) is 170 cm³/mol. The average Bonchev–Trinajstić information content (AvgIpc) is 3.04. The highest BCUT2D eigenvalue weighted by molar-refractivity contribution is 5.86. The van der Waals surface area contributed by atoms with E-state index in [0.29, 0.717) is 17.5 Å². The molecule has 1 aromatic heterocycles. The fraction of sp³-hybridized carbons (Fsp3) is 0.108. The monoisotopic (exact) mass is 532 g/mol. The van der Waals surface area contributed by atoms with E-state index in [1.165, 1.54) is 16.8 Å². The Labute approximate surface area is 242 Å². The van der Waals surface area contributed by atoms with Crippen LogP contribution in [0.2, 0.25) is 0 Å². The van der Waals surface area contributed by atoms with Crippen molar-refractivity contribution in [3.63, 3.8) is 0 Å². The van der Waals surface area contributed by atoms with Gasteiger partial charge in [0.25, 0.3) is 0 Å². The van der Waals surface area contributed by atoms with Gasteiger partial charge in [-0.25, -0.2) is 15.0 Å². The number of anilines is 3. The molecule has 0 bridgehead atoms. The maximum Gasteiger partial charge on any atom is 0.164 e. The van der Waals surface area contributed by atoms with Gasteiger partial charge in [-0.15, -0.1) is 0 Å². The van der Waals surface area contributed by atoms with E-state index in [0.717, 1.165) is 39.2 Å². The predicted octanol–water partition coefficient (Wildman–Crippen LogP) is 9.58.